The van der Waals surface area contributed by atoms with Crippen molar-refractivity contribution in [3.63, 3.8) is 0 Å². The molecule has 8 heteroatoms. The molecule has 2 aromatic heterocycles. The van der Waals surface area contributed by atoms with Gasteiger partial charge in [0.1, 0.15) is 5.52 Å². The van der Waals surface area contributed by atoms with Crippen molar-refractivity contribution >= 4 is 28.5 Å². The maximum absolute atomic E-state index is 12.8. The summed E-state index contributed by atoms with van der Waals surface area (Å²) < 4.78 is 5.53. The number of amides is 1. The van der Waals surface area contributed by atoms with Gasteiger partial charge in [-0.05, 0) is 51.0 Å². The molecule has 0 unspecified atom stereocenters. The third kappa shape index (κ3) is 4.89. The number of nitrogens with one attached hydrogen (secondary N) is 2. The number of aromatic nitrogens is 3. The molecule has 2 N–H and O–H groups in total. The molecule has 0 aliphatic carbocycles. The van der Waals surface area contributed by atoms with Crippen LogP contribution < -0.4 is 10.6 Å². The minimum absolute atomic E-state index is 0. The minimum atomic E-state index is -0.311. The predicted molar refractivity (Wildman–Crippen MR) is 114 cm³/mol. The second-order valence-electron chi connectivity index (χ2n) is 7.25. The van der Waals surface area contributed by atoms with Crippen LogP contribution in [-0.4, -0.2) is 52.4 Å². The Labute approximate surface area is 170 Å². The van der Waals surface area contributed by atoms with Gasteiger partial charge in [0.05, 0.1) is 0 Å². The van der Waals surface area contributed by atoms with E-state index in [0.717, 1.165) is 38.0 Å². The van der Waals surface area contributed by atoms with Crippen LogP contribution in [0.5, 0.6) is 0 Å². The number of carbonyl (C=O) groups is 1. The molecule has 1 aliphatic heterocycles. The standard InChI is InChI=1S/C20H24N6O2.CH4/c1-13-24-16-4-3-15(11-17(16)28-13)25-20(27)18-19(22-8-7-21-18)23-12-14-5-9-26(2)10-6-14;/h3-4,7-8,11,14H,5-6,9-10,12H2,1-2H3,(H,22,23)(H,25,27);1H4. The number of fused-ring (bicyclic) bond motifs is 1. The number of hydrogen-bond donors (Lipinski definition) is 2. The summed E-state index contributed by atoms with van der Waals surface area (Å²) in [5, 5.41) is 6.18. The van der Waals surface area contributed by atoms with Crippen LogP contribution in [0.2, 0.25) is 0 Å². The summed E-state index contributed by atoms with van der Waals surface area (Å²) in [5.74, 6) is 1.36. The quantitative estimate of drug-likeness (QED) is 0.680. The van der Waals surface area contributed by atoms with Crippen LogP contribution in [0.1, 0.15) is 36.6 Å². The molecule has 0 saturated carbocycles. The topological polar surface area (TPSA) is 96.2 Å². The molecule has 0 atom stereocenters. The molecule has 1 aromatic carbocycles. The van der Waals surface area contributed by atoms with Crippen molar-refractivity contribution in [3.05, 3.63) is 42.2 Å². The van der Waals surface area contributed by atoms with E-state index in [4.69, 9.17) is 4.42 Å². The fraction of sp³-hybridized carbons (Fsp3) is 0.429. The van der Waals surface area contributed by atoms with E-state index in [2.05, 4.69) is 37.5 Å². The summed E-state index contributed by atoms with van der Waals surface area (Å²) in [4.78, 5) is 27.9. The van der Waals surface area contributed by atoms with E-state index < -0.39 is 0 Å². The van der Waals surface area contributed by atoms with Gasteiger partial charge in [-0.2, -0.15) is 0 Å². The Balaban J connectivity index is 0.00000240. The summed E-state index contributed by atoms with van der Waals surface area (Å²) in [6, 6.07) is 5.37. The van der Waals surface area contributed by atoms with Crippen LogP contribution in [0.3, 0.4) is 0 Å². The van der Waals surface area contributed by atoms with Crippen LogP contribution in [0.4, 0.5) is 11.5 Å². The van der Waals surface area contributed by atoms with Crippen LogP contribution >= 0.6 is 0 Å². The molecular weight excluding hydrogens is 368 g/mol. The SMILES string of the molecule is C.Cc1nc2ccc(NC(=O)c3nccnc3NCC3CCN(C)CC3)cc2o1. The number of piperidine rings is 1. The zero-order valence-corrected chi connectivity index (χ0v) is 16.1. The molecule has 3 heterocycles. The van der Waals surface area contributed by atoms with Crippen LogP contribution in [0.15, 0.2) is 35.0 Å². The van der Waals surface area contributed by atoms with Gasteiger partial charge < -0.3 is 20.0 Å². The molecule has 1 saturated heterocycles. The second-order valence-corrected chi connectivity index (χ2v) is 7.25. The van der Waals surface area contributed by atoms with Crippen molar-refractivity contribution in [2.24, 2.45) is 5.92 Å². The summed E-state index contributed by atoms with van der Waals surface area (Å²) >= 11 is 0. The molecule has 3 aromatic rings. The fourth-order valence-corrected chi connectivity index (χ4v) is 3.45. The maximum atomic E-state index is 12.8. The molecule has 8 nitrogen and oxygen atoms in total. The van der Waals surface area contributed by atoms with Crippen LogP contribution in [0.25, 0.3) is 11.1 Å². The zero-order chi connectivity index (χ0) is 19.5. The molecule has 0 radical (unpaired) electrons. The predicted octanol–water partition coefficient (Wildman–Crippen LogP) is 3.57. The first-order valence-electron chi connectivity index (χ1n) is 9.50. The van der Waals surface area contributed by atoms with Gasteiger partial charge in [0, 0.05) is 37.6 Å². The van der Waals surface area contributed by atoms with E-state index in [-0.39, 0.29) is 19.0 Å². The number of anilines is 2. The molecule has 0 spiro atoms. The minimum Gasteiger partial charge on any atom is -0.441 e. The van der Waals surface area contributed by atoms with Crippen molar-refractivity contribution in [2.75, 3.05) is 37.3 Å². The average Bonchev–Trinajstić information content (AvgIpc) is 3.07. The van der Waals surface area contributed by atoms with Gasteiger partial charge in [0.15, 0.2) is 23.0 Å². The van der Waals surface area contributed by atoms with E-state index in [1.807, 2.05) is 6.07 Å². The van der Waals surface area contributed by atoms with Gasteiger partial charge in [-0.3, -0.25) is 4.79 Å². The highest BCUT2D eigenvalue weighted by Crippen LogP contribution is 2.21. The van der Waals surface area contributed by atoms with Crippen molar-refractivity contribution in [1.82, 2.24) is 19.9 Å². The Morgan fingerprint density at radius 2 is 2.00 bits per heavy atom. The number of oxazole rings is 1. The number of nitrogens with zero attached hydrogens (tertiary/aromatic N) is 4. The first kappa shape index (κ1) is 20.7. The Morgan fingerprint density at radius 1 is 1.24 bits per heavy atom. The molecule has 0 bridgehead atoms. The molecule has 1 fully saturated rings. The van der Waals surface area contributed by atoms with E-state index in [0.29, 0.717) is 28.9 Å². The summed E-state index contributed by atoms with van der Waals surface area (Å²) in [6.45, 7) is 4.78. The normalized spacial score (nSPS) is 15.1. The van der Waals surface area contributed by atoms with Gasteiger partial charge in [0.25, 0.3) is 5.91 Å². The highest BCUT2D eigenvalue weighted by Gasteiger charge is 2.19. The van der Waals surface area contributed by atoms with E-state index in [1.165, 1.54) is 6.20 Å². The number of rotatable bonds is 5. The first-order valence-corrected chi connectivity index (χ1v) is 9.50. The molecular formula is C21H28N6O2. The molecule has 1 amide bonds. The second kappa shape index (κ2) is 9.00. The smallest absolute Gasteiger partial charge is 0.278 e. The van der Waals surface area contributed by atoms with Crippen molar-refractivity contribution in [3.8, 4) is 0 Å². The monoisotopic (exact) mass is 396 g/mol. The molecule has 29 heavy (non-hydrogen) atoms. The lowest BCUT2D eigenvalue weighted by Gasteiger charge is -2.29. The Kier molecular flexibility index (Phi) is 6.43. The van der Waals surface area contributed by atoms with Crippen LogP contribution in [-0.2, 0) is 0 Å². The fourth-order valence-electron chi connectivity index (χ4n) is 3.45. The Morgan fingerprint density at radius 3 is 2.79 bits per heavy atom. The van der Waals surface area contributed by atoms with E-state index in [1.54, 1.807) is 25.3 Å². The largest absolute Gasteiger partial charge is 0.441 e. The van der Waals surface area contributed by atoms with Gasteiger partial charge in [-0.25, -0.2) is 15.0 Å². The summed E-state index contributed by atoms with van der Waals surface area (Å²) in [7, 11) is 2.15. The number of hydrogen-bond acceptors (Lipinski definition) is 7. The zero-order valence-electron chi connectivity index (χ0n) is 16.1. The Hall–Kier alpha value is -3.00. The Bertz CT molecular complexity index is 978. The first-order chi connectivity index (χ1) is 13.6. The average molecular weight is 396 g/mol. The van der Waals surface area contributed by atoms with E-state index in [9.17, 15) is 4.79 Å². The van der Waals surface area contributed by atoms with Gasteiger partial charge >= 0.3 is 0 Å². The lowest BCUT2D eigenvalue weighted by Crippen LogP contribution is -2.33. The lowest BCUT2D eigenvalue weighted by atomic mass is 9.97. The number of likely N-dealkylation sites (tertiary alicyclic amines) is 1. The molecule has 1 aliphatic rings. The summed E-state index contributed by atoms with van der Waals surface area (Å²) in [6.07, 6.45) is 5.40. The van der Waals surface area contributed by atoms with Crippen molar-refractivity contribution < 1.29 is 9.21 Å². The van der Waals surface area contributed by atoms with Gasteiger partial charge in [-0.15, -0.1) is 0 Å². The third-order valence-corrected chi connectivity index (χ3v) is 5.06. The molecule has 154 valence electrons. The summed E-state index contributed by atoms with van der Waals surface area (Å²) in [5.41, 5.74) is 2.30. The third-order valence-electron chi connectivity index (χ3n) is 5.06. The van der Waals surface area contributed by atoms with Crippen molar-refractivity contribution in [1.29, 1.82) is 0 Å². The lowest BCUT2D eigenvalue weighted by molar-refractivity contribution is 0.102. The van der Waals surface area contributed by atoms with Gasteiger partial charge in [-0.1, -0.05) is 7.43 Å². The maximum Gasteiger partial charge on any atom is 0.278 e. The number of aryl methyl sites for hydroxylation is 1. The highest BCUT2D eigenvalue weighted by atomic mass is 16.3. The van der Waals surface area contributed by atoms with Crippen molar-refractivity contribution in [2.45, 2.75) is 27.2 Å². The molecule has 4 rings (SSSR count). The van der Waals surface area contributed by atoms with E-state index >= 15 is 0 Å². The van der Waals surface area contributed by atoms with Gasteiger partial charge in [0.2, 0.25) is 0 Å². The number of benzene rings is 1. The van der Waals surface area contributed by atoms with Crippen LogP contribution in [0, 0.1) is 12.8 Å². The number of carbonyl (C=O) groups excluding carboxylic acids is 1. The highest BCUT2D eigenvalue weighted by molar-refractivity contribution is 6.06.